The zero-order valence-corrected chi connectivity index (χ0v) is 78.0. The smallest absolute Gasteiger partial charge is 0.410 e. The summed E-state index contributed by atoms with van der Waals surface area (Å²) >= 11 is 4.71. The Morgan fingerprint density at radius 2 is 0.772 bits per heavy atom. The van der Waals surface area contributed by atoms with Gasteiger partial charge in [0, 0.05) is 133 Å². The van der Waals surface area contributed by atoms with Crippen LogP contribution >= 0.6 is 11.6 Å². The molecule has 18 rings (SSSR count). The first kappa shape index (κ1) is 96.5. The quantitative estimate of drug-likeness (QED) is 0.0839. The lowest BCUT2D eigenvalue weighted by atomic mass is 10.1. The van der Waals surface area contributed by atoms with E-state index < -0.39 is 68.9 Å². The standard InChI is InChI=1S/C34H38F2N6O5.C32H32F2N6O4.C29H30F2N6O3.C3H3ClO/c1-19(2)27-29-25(11-12-37-27)46-16-8-15-45-24-10-7-9-22(35)26(24)28-23(36)17-21-30(39-32(43)42(29)31(21)38-28)41-14-13-40(18-20(41)3)33(44)47-34(4,5)6;1-5-25(41)38-12-13-39(19(4)17-38)30-20-16-22(34)28-26-21(33)8-6-9-23(26)43-14-7-15-44-24-10-11-35-27(18(2)3)29(24)40(31(20)36-28)32(42)37-30;1-16(2)24-26-22(8-9-33-24)40-13-5-12-39-21-7-4-6-19(30)23(21)25-20(31)14-18-27(36-11-10-32-15-17(36)3)35-29(38)37(26)28(18)34-25;1-2-3(4)5/h7,9-12,17,19-20H,8,13-16,18H2,1-6H3;5-6,8-11,16,18-19H,1,7,12-15,17H2,2-4H3;4,6-9,14,16-17,32H,5,10-13,15H2,1-3H3;2H,1H2/t20-;19-;17-;/m000./s1. The van der Waals surface area contributed by atoms with Crippen molar-refractivity contribution in [3.63, 3.8) is 0 Å². The van der Waals surface area contributed by atoms with Crippen LogP contribution < -0.4 is 65.5 Å². The molecule has 0 unspecified atom stereocenters. The molecule has 6 aliphatic heterocycles. The second-order valence-electron chi connectivity index (χ2n) is 35.1. The zero-order chi connectivity index (χ0) is 97.0. The van der Waals surface area contributed by atoms with Crippen LogP contribution in [-0.4, -0.2) is 208 Å². The van der Waals surface area contributed by atoms with Crippen molar-refractivity contribution in [3.8, 4) is 85.3 Å². The topological polar surface area (TPSA) is 326 Å². The molecule has 38 heteroatoms. The Hall–Kier alpha value is -14.1. The van der Waals surface area contributed by atoms with E-state index in [-0.39, 0.29) is 185 Å². The lowest BCUT2D eigenvalue weighted by Crippen LogP contribution is -2.55. The normalized spacial score (nSPS) is 16.6. The van der Waals surface area contributed by atoms with Gasteiger partial charge < -0.3 is 63.0 Å². The van der Waals surface area contributed by atoms with Crippen molar-refractivity contribution in [2.75, 3.05) is 113 Å². The third-order valence-corrected chi connectivity index (χ3v) is 23.5. The number of rotatable bonds is 8. The number of hydrogen-bond donors (Lipinski definition) is 1. The summed E-state index contributed by atoms with van der Waals surface area (Å²) in [4.78, 5) is 127. The SMILES string of the molecule is C=CC(=O)Cl.C=CC(=O)N1CCN(c2nc(=O)n3c4nc(c(F)cc24)-c2c(F)cccc2OCCCOc2ccnc(C(C)C)c2-3)[C@@H](C)C1.CC(C)c1nccc2c1-n1c(=O)nc(N3CCN(C(=O)OC(C)(C)C)C[C@@H]3C)c3cc(F)c(nc31)-c1c(F)cccc1OCCCO2.CC(C)c1nccc2c1-n1c(=O)nc(N3CCNC[C@@H]3C)c3cc(F)c(nc31)-c1c(F)cccc1OCCCO2. The average Bonchev–Trinajstić information content (AvgIpc) is 0.871. The predicted molar refractivity (Wildman–Crippen MR) is 503 cm³/mol. The van der Waals surface area contributed by atoms with Crippen LogP contribution in [-0.2, 0) is 14.3 Å². The first-order valence-corrected chi connectivity index (χ1v) is 45.3. The van der Waals surface area contributed by atoms with Crippen molar-refractivity contribution < 1.29 is 73.9 Å². The van der Waals surface area contributed by atoms with Gasteiger partial charge in [-0.25, -0.2) is 74.2 Å². The van der Waals surface area contributed by atoms with Gasteiger partial charge in [0.05, 0.1) is 89.6 Å². The molecule has 12 aromatic rings. The fourth-order valence-corrected chi connectivity index (χ4v) is 17.1. The van der Waals surface area contributed by atoms with Crippen molar-refractivity contribution in [3.05, 3.63) is 218 Å². The molecule has 31 nitrogen and oxygen atoms in total. The van der Waals surface area contributed by atoms with Crippen molar-refractivity contribution in [1.29, 1.82) is 0 Å². The lowest BCUT2D eigenvalue weighted by molar-refractivity contribution is -0.126. The van der Waals surface area contributed by atoms with E-state index in [1.807, 2.05) is 77.0 Å². The highest BCUT2D eigenvalue weighted by Crippen LogP contribution is 2.45. The summed E-state index contributed by atoms with van der Waals surface area (Å²) in [5, 5.41) is 3.60. The van der Waals surface area contributed by atoms with Gasteiger partial charge in [-0.3, -0.25) is 24.5 Å². The summed E-state index contributed by atoms with van der Waals surface area (Å²) in [5.41, 5.74) is -0.945. The number of amides is 2. The van der Waals surface area contributed by atoms with Crippen LogP contribution in [0.15, 0.2) is 149 Å². The largest absolute Gasteiger partial charge is 0.493 e. The van der Waals surface area contributed by atoms with Crippen LogP contribution in [0.1, 0.15) is 137 Å². The summed E-state index contributed by atoms with van der Waals surface area (Å²) in [7, 11) is 0. The van der Waals surface area contributed by atoms with Gasteiger partial charge in [-0.2, -0.15) is 15.0 Å². The number of benzene rings is 3. The Morgan fingerprint density at radius 3 is 1.08 bits per heavy atom. The highest BCUT2D eigenvalue weighted by molar-refractivity contribution is 6.66. The van der Waals surface area contributed by atoms with Gasteiger partial charge in [0.2, 0.25) is 11.1 Å². The van der Waals surface area contributed by atoms with E-state index in [1.165, 1.54) is 74.4 Å². The Kier molecular flexibility index (Phi) is 29.1. The van der Waals surface area contributed by atoms with E-state index >= 15 is 26.3 Å². The maximum atomic E-state index is 16.3. The van der Waals surface area contributed by atoms with Crippen LogP contribution in [0.4, 0.5) is 48.6 Å². The minimum absolute atomic E-state index is 0.00775. The summed E-state index contributed by atoms with van der Waals surface area (Å²) in [6.45, 7) is 34.6. The number of pyridine rings is 6. The lowest BCUT2D eigenvalue weighted by Gasteiger charge is -2.41. The average molecular weight is 1890 g/mol. The predicted octanol–water partition coefficient (Wildman–Crippen LogP) is 15.6. The van der Waals surface area contributed by atoms with E-state index in [9.17, 15) is 28.8 Å². The second-order valence-corrected chi connectivity index (χ2v) is 35.4. The molecule has 0 aliphatic carbocycles. The number of allylic oxidation sites excluding steroid dienone is 1. The molecular weight excluding hydrogens is 1790 g/mol. The molecule has 3 fully saturated rings. The molecule has 3 aromatic carbocycles. The third kappa shape index (κ3) is 19.9. The summed E-state index contributed by atoms with van der Waals surface area (Å²) < 4.78 is 140. The number of fused-ring (bicyclic) bond motifs is 15. The number of aromatic nitrogens is 12. The molecule has 3 saturated heterocycles. The van der Waals surface area contributed by atoms with Crippen LogP contribution in [0.25, 0.3) is 83.9 Å². The maximum absolute atomic E-state index is 16.3. The molecule has 136 heavy (non-hydrogen) atoms. The van der Waals surface area contributed by atoms with Crippen LogP contribution in [0, 0.1) is 34.9 Å². The molecule has 712 valence electrons. The van der Waals surface area contributed by atoms with Crippen LogP contribution in [0.2, 0.25) is 0 Å². The molecule has 2 amide bonds. The molecule has 6 aliphatic rings. The maximum Gasteiger partial charge on any atom is 0.410 e. The molecule has 1 N–H and O–H groups in total. The minimum Gasteiger partial charge on any atom is -0.493 e. The minimum atomic E-state index is -0.817. The van der Waals surface area contributed by atoms with Gasteiger partial charge in [0.1, 0.15) is 109 Å². The van der Waals surface area contributed by atoms with Crippen molar-refractivity contribution in [2.45, 2.75) is 144 Å². The fraction of sp³-hybridized carbons (Fsp3) is 0.378. The zero-order valence-electron chi connectivity index (χ0n) is 77.2. The molecule has 0 spiro atoms. The molecule has 0 radical (unpaired) electrons. The monoisotopic (exact) mass is 1890 g/mol. The van der Waals surface area contributed by atoms with Gasteiger partial charge in [-0.1, -0.05) is 72.9 Å². The van der Waals surface area contributed by atoms with Gasteiger partial charge in [0.15, 0.2) is 34.4 Å². The number of nitrogens with zero attached hydrogens (tertiary/aromatic N) is 17. The Bertz CT molecular complexity index is 6840. The highest BCUT2D eigenvalue weighted by atomic mass is 35.5. The number of piperazine rings is 3. The van der Waals surface area contributed by atoms with Gasteiger partial charge in [0.25, 0.3) is 0 Å². The number of carbonyl (C=O) groups is 3. The highest BCUT2D eigenvalue weighted by Gasteiger charge is 2.38. The molecule has 15 heterocycles. The van der Waals surface area contributed by atoms with Crippen LogP contribution in [0.3, 0.4) is 0 Å². The number of anilines is 3. The molecule has 3 atom stereocenters. The first-order chi connectivity index (χ1) is 65.1. The van der Waals surface area contributed by atoms with Crippen LogP contribution in [0.5, 0.6) is 34.5 Å². The summed E-state index contributed by atoms with van der Waals surface area (Å²) in [6.07, 6.45) is 8.02. The van der Waals surface area contributed by atoms with E-state index in [0.717, 1.165) is 6.08 Å². The van der Waals surface area contributed by atoms with Gasteiger partial charge in [-0.05, 0) is 138 Å². The summed E-state index contributed by atoms with van der Waals surface area (Å²) in [6, 6.07) is 20.9. The van der Waals surface area contributed by atoms with Crippen molar-refractivity contribution in [1.82, 2.24) is 73.7 Å². The van der Waals surface area contributed by atoms with E-state index in [1.54, 1.807) is 85.6 Å². The Labute approximate surface area is 783 Å². The number of halogens is 7. The van der Waals surface area contributed by atoms with Crippen molar-refractivity contribution in [2.24, 2.45) is 0 Å². The van der Waals surface area contributed by atoms with E-state index in [2.05, 4.69) is 63.3 Å². The molecule has 9 aromatic heterocycles. The molecule has 0 saturated carbocycles. The number of ether oxygens (including phenoxy) is 7. The second kappa shape index (κ2) is 41.0. The number of nitrogens with one attached hydrogen (secondary N) is 1. The fourth-order valence-electron chi connectivity index (χ4n) is 17.1. The number of carbonyl (C=O) groups excluding carboxylic acids is 3. The Morgan fingerprint density at radius 1 is 0.449 bits per heavy atom. The molecular formula is C98H103ClF6N18O13. The van der Waals surface area contributed by atoms with Gasteiger partial charge >= 0.3 is 23.2 Å². The van der Waals surface area contributed by atoms with E-state index in [4.69, 9.17) is 44.8 Å². The van der Waals surface area contributed by atoms with E-state index in [0.29, 0.717) is 128 Å². The number of hydrogen-bond acceptors (Lipinski definition) is 26. The molecule has 6 bridgehead atoms. The summed E-state index contributed by atoms with van der Waals surface area (Å²) in [5.74, 6) is -2.77. The first-order valence-electron chi connectivity index (χ1n) is 44.9. The van der Waals surface area contributed by atoms with Crippen molar-refractivity contribution >= 4 is 79.4 Å². The van der Waals surface area contributed by atoms with Gasteiger partial charge in [-0.15, -0.1) is 0 Å². The third-order valence-electron chi connectivity index (χ3n) is 23.4. The Balaban J connectivity index is 0.000000152.